The van der Waals surface area contributed by atoms with E-state index in [-0.39, 0.29) is 11.0 Å². The largest absolute Gasteiger partial charge is 0.870 e. The summed E-state index contributed by atoms with van der Waals surface area (Å²) in [6.45, 7) is 17.7. The summed E-state index contributed by atoms with van der Waals surface area (Å²) in [5, 5.41) is 0. The van der Waals surface area contributed by atoms with Gasteiger partial charge in [0.2, 0.25) is 0 Å². The van der Waals surface area contributed by atoms with E-state index in [9.17, 15) is 0 Å². The van der Waals surface area contributed by atoms with E-state index in [0.717, 1.165) is 0 Å². The molecule has 0 spiro atoms. The Bertz CT molecular complexity index is 159. The second kappa shape index (κ2) is 18.8. The zero-order valence-corrected chi connectivity index (χ0v) is 15.2. The average molecular weight is 295 g/mol. The van der Waals surface area contributed by atoms with Gasteiger partial charge >= 0.3 is 0 Å². The second-order valence-electron chi connectivity index (χ2n) is 5.70. The molecular weight excluding hydrogens is 252 g/mol. The average Bonchev–Trinajstić information content (AvgIpc) is 2.43. The predicted octanol–water partition coefficient (Wildman–Crippen LogP) is 2.24. The summed E-state index contributed by atoms with van der Waals surface area (Å²) in [5.74, 6) is 0. The van der Waals surface area contributed by atoms with Gasteiger partial charge in [0.15, 0.2) is 0 Å². The van der Waals surface area contributed by atoms with Gasteiger partial charge in [-0.15, -0.1) is 0 Å². The fourth-order valence-corrected chi connectivity index (χ4v) is 1.71. The first kappa shape index (κ1) is 28.1. The lowest BCUT2D eigenvalue weighted by atomic mass is 10.2. The van der Waals surface area contributed by atoms with Crippen molar-refractivity contribution in [1.29, 1.82) is 0 Å². The van der Waals surface area contributed by atoms with Gasteiger partial charge in [-0.3, -0.25) is 0 Å². The van der Waals surface area contributed by atoms with Crippen molar-refractivity contribution in [1.82, 2.24) is 0 Å². The molecule has 20 heavy (non-hydrogen) atoms. The number of hydrogen-bond donors (Lipinski definition) is 1. The fourth-order valence-electron chi connectivity index (χ4n) is 1.71. The molecule has 0 aliphatic carbocycles. The van der Waals surface area contributed by atoms with Crippen molar-refractivity contribution in [3.63, 3.8) is 0 Å². The lowest BCUT2D eigenvalue weighted by Crippen LogP contribution is -3.08. The van der Waals surface area contributed by atoms with Crippen molar-refractivity contribution >= 4 is 0 Å². The maximum atomic E-state index is 2.37. The van der Waals surface area contributed by atoms with E-state index in [1.54, 1.807) is 4.90 Å². The molecule has 128 valence electrons. The number of hydrogen-bond acceptors (Lipinski definition) is 2. The molecule has 4 nitrogen and oxygen atoms in total. The minimum Gasteiger partial charge on any atom is -0.870 e. The van der Waals surface area contributed by atoms with Crippen LogP contribution in [0, 0.1) is 0 Å². The highest BCUT2D eigenvalue weighted by Crippen LogP contribution is 2.06. The van der Waals surface area contributed by atoms with Crippen LogP contribution in [0.1, 0.15) is 60.3 Å². The molecule has 3 N–H and O–H groups in total. The van der Waals surface area contributed by atoms with E-state index < -0.39 is 0 Å². The molecular formula is C16H42N2O2. The molecule has 0 rings (SSSR count). The number of quaternary nitrogens is 2. The van der Waals surface area contributed by atoms with Gasteiger partial charge in [0.25, 0.3) is 0 Å². The number of nitrogens with zero attached hydrogens (tertiary/aromatic N) is 1. The Hall–Kier alpha value is -0.160. The highest BCUT2D eigenvalue weighted by atomic mass is 16.0. The first-order valence-electron chi connectivity index (χ1n) is 8.14. The normalized spacial score (nSPS) is 10.2. The van der Waals surface area contributed by atoms with Gasteiger partial charge in [-0.1, -0.05) is 19.8 Å². The van der Waals surface area contributed by atoms with E-state index in [1.165, 1.54) is 62.9 Å². The first-order chi connectivity index (χ1) is 8.49. The number of nitrogens with one attached hydrogen (secondary N) is 1. The molecule has 0 aromatic rings. The van der Waals surface area contributed by atoms with E-state index in [1.807, 2.05) is 0 Å². The molecule has 0 bridgehead atoms. The van der Waals surface area contributed by atoms with Crippen molar-refractivity contribution in [2.45, 2.75) is 60.3 Å². The van der Waals surface area contributed by atoms with Gasteiger partial charge in [-0.25, -0.2) is 0 Å². The van der Waals surface area contributed by atoms with Crippen molar-refractivity contribution in [2.75, 3.05) is 46.8 Å². The molecule has 4 heteroatoms. The van der Waals surface area contributed by atoms with E-state index in [2.05, 4.69) is 48.7 Å². The van der Waals surface area contributed by atoms with E-state index in [0.29, 0.717) is 0 Å². The number of unbranched alkanes of at least 4 members (excludes halogenated alkanes) is 3. The van der Waals surface area contributed by atoms with E-state index in [4.69, 9.17) is 0 Å². The molecule has 0 aromatic heterocycles. The molecule has 0 saturated heterocycles. The molecule has 0 aliphatic heterocycles. The van der Waals surface area contributed by atoms with Gasteiger partial charge in [0.1, 0.15) is 0 Å². The zero-order chi connectivity index (χ0) is 14.4. The molecule has 0 saturated carbocycles. The molecule has 0 unspecified atom stereocenters. The summed E-state index contributed by atoms with van der Waals surface area (Å²) in [6, 6.07) is 0. The Morgan fingerprint density at radius 3 is 1.45 bits per heavy atom. The second-order valence-corrected chi connectivity index (χ2v) is 5.70. The molecule has 0 amide bonds. The molecule has 0 aromatic carbocycles. The van der Waals surface area contributed by atoms with Crippen LogP contribution in [-0.4, -0.2) is 62.3 Å². The molecule has 0 heterocycles. The Balaban J connectivity index is -0.000000139. The van der Waals surface area contributed by atoms with Crippen molar-refractivity contribution in [3.05, 3.63) is 0 Å². The lowest BCUT2D eigenvalue weighted by molar-refractivity contribution is -0.906. The summed E-state index contributed by atoms with van der Waals surface area (Å²) in [7, 11) is 4.56. The summed E-state index contributed by atoms with van der Waals surface area (Å²) in [4.78, 5) is 1.59. The summed E-state index contributed by atoms with van der Waals surface area (Å²) in [6.07, 6.45) is 5.59. The third kappa shape index (κ3) is 17.8. The monoisotopic (exact) mass is 294 g/mol. The Morgan fingerprint density at radius 2 is 1.20 bits per heavy atom. The highest BCUT2D eigenvalue weighted by molar-refractivity contribution is 4.41. The zero-order valence-electron chi connectivity index (χ0n) is 15.2. The molecule has 0 atom stereocenters. The van der Waals surface area contributed by atoms with Crippen LogP contribution in [0.5, 0.6) is 0 Å². The van der Waals surface area contributed by atoms with E-state index >= 15 is 0 Å². The van der Waals surface area contributed by atoms with Crippen molar-refractivity contribution in [3.8, 4) is 0 Å². The van der Waals surface area contributed by atoms with Crippen molar-refractivity contribution in [2.24, 2.45) is 0 Å². The first-order valence-corrected chi connectivity index (χ1v) is 8.14. The van der Waals surface area contributed by atoms with Crippen LogP contribution in [0.3, 0.4) is 0 Å². The van der Waals surface area contributed by atoms with Crippen LogP contribution in [-0.2, 0) is 0 Å². The topological polar surface area (TPSA) is 64.4 Å². The van der Waals surface area contributed by atoms with Crippen LogP contribution in [0.15, 0.2) is 0 Å². The Labute approximate surface area is 128 Å². The quantitative estimate of drug-likeness (QED) is 0.523. The molecule has 0 radical (unpaired) electrons. The molecule has 0 aliphatic rings. The minimum absolute atomic E-state index is 0. The van der Waals surface area contributed by atoms with Gasteiger partial charge in [0, 0.05) is 0 Å². The third-order valence-corrected chi connectivity index (χ3v) is 4.29. The standard InChI is InChI=1S/C11H26N.C5H13N.2H2O/c1-5-8-9-10-11-12(4,6-2)7-3;1-4-6(3)5-2;;/h5-11H2,1-4H3;4-5H2,1-3H3;2*1H2/q+1;;;/p-1. The van der Waals surface area contributed by atoms with Crippen molar-refractivity contribution < 1.29 is 20.3 Å². The lowest BCUT2D eigenvalue weighted by Gasteiger charge is -2.32. The van der Waals surface area contributed by atoms with Crippen LogP contribution in [0.25, 0.3) is 0 Å². The Kier molecular flexibility index (Phi) is 26.4. The van der Waals surface area contributed by atoms with Crippen LogP contribution >= 0.6 is 0 Å². The summed E-state index contributed by atoms with van der Waals surface area (Å²) >= 11 is 0. The summed E-state index contributed by atoms with van der Waals surface area (Å²) in [5.41, 5.74) is 0. The maximum absolute atomic E-state index is 2.37. The van der Waals surface area contributed by atoms with Crippen LogP contribution in [0.4, 0.5) is 0 Å². The maximum Gasteiger partial charge on any atom is 0.0784 e. The minimum atomic E-state index is 0. The fraction of sp³-hybridized carbons (Fsp3) is 1.00. The SMILES string of the molecule is CCCCCC[N+](C)(CC)CC.CC[NH+](C)CC.[OH-].[OH-]. The van der Waals surface area contributed by atoms with Gasteiger partial charge in [-0.2, -0.15) is 0 Å². The summed E-state index contributed by atoms with van der Waals surface area (Å²) < 4.78 is 1.25. The van der Waals surface area contributed by atoms with Gasteiger partial charge in [0.05, 0.1) is 46.8 Å². The molecule has 0 fully saturated rings. The Morgan fingerprint density at radius 1 is 0.750 bits per heavy atom. The number of rotatable bonds is 9. The van der Waals surface area contributed by atoms with Crippen LogP contribution < -0.4 is 4.90 Å². The van der Waals surface area contributed by atoms with Gasteiger partial charge < -0.3 is 20.3 Å². The predicted molar refractivity (Wildman–Crippen MR) is 88.1 cm³/mol. The highest BCUT2D eigenvalue weighted by Gasteiger charge is 2.14. The van der Waals surface area contributed by atoms with Crippen LogP contribution in [0.2, 0.25) is 0 Å². The van der Waals surface area contributed by atoms with Gasteiger partial charge in [-0.05, 0) is 40.5 Å². The smallest absolute Gasteiger partial charge is 0.0784 e. The third-order valence-electron chi connectivity index (χ3n) is 4.29.